The van der Waals surface area contributed by atoms with E-state index in [4.69, 9.17) is 5.11 Å². The first-order valence-corrected chi connectivity index (χ1v) is 10.5. The zero-order valence-electron chi connectivity index (χ0n) is 13.3. The zero-order chi connectivity index (χ0) is 17.2. The third kappa shape index (κ3) is 18.0. The van der Waals surface area contributed by atoms with E-state index in [0.717, 1.165) is 11.6 Å². The van der Waals surface area contributed by atoms with Gasteiger partial charge in [-0.3, -0.25) is 30.4 Å². The lowest BCUT2D eigenvalue weighted by Gasteiger charge is -2.21. The molecule has 0 aromatic carbocycles. The van der Waals surface area contributed by atoms with E-state index < -0.39 is 5.97 Å². The minimum atomic E-state index is -0.782. The van der Waals surface area contributed by atoms with Crippen molar-refractivity contribution in [2.75, 3.05) is 55.1 Å². The second-order valence-electron chi connectivity index (χ2n) is 4.15. The van der Waals surface area contributed by atoms with Crippen LogP contribution in [0, 0.1) is 0 Å². The molecule has 0 saturated carbocycles. The Morgan fingerprint density at radius 2 is 1.91 bits per heavy atom. The van der Waals surface area contributed by atoms with Crippen LogP contribution < -0.4 is 16.0 Å². The minimum absolute atomic E-state index is 0.126. The van der Waals surface area contributed by atoms with Gasteiger partial charge < -0.3 is 9.84 Å². The highest BCUT2D eigenvalue weighted by Gasteiger charge is 2.05. The van der Waals surface area contributed by atoms with Crippen molar-refractivity contribution < 1.29 is 19.4 Å². The molecule has 0 aliphatic carbocycles. The van der Waals surface area contributed by atoms with Crippen molar-refractivity contribution in [3.63, 3.8) is 0 Å². The zero-order valence-corrected chi connectivity index (χ0v) is 15.7. The number of carbonyl (C=O) groups excluding carboxylic acids is 1. The lowest BCUT2D eigenvalue weighted by Crippen LogP contribution is -2.41. The number of ether oxygens (including phenoxy) is 1. The van der Waals surface area contributed by atoms with Crippen molar-refractivity contribution in [1.82, 2.24) is 20.9 Å². The molecule has 4 N–H and O–H groups in total. The van der Waals surface area contributed by atoms with E-state index in [-0.39, 0.29) is 5.75 Å². The highest BCUT2D eigenvalue weighted by molar-refractivity contribution is 8.00. The summed E-state index contributed by atoms with van der Waals surface area (Å²) in [6.07, 6.45) is 0. The second-order valence-corrected chi connectivity index (χ2v) is 7.29. The van der Waals surface area contributed by atoms with Crippen molar-refractivity contribution in [2.24, 2.45) is 0 Å². The lowest BCUT2D eigenvalue weighted by atomic mass is 10.8. The van der Waals surface area contributed by atoms with E-state index in [2.05, 4.69) is 32.5 Å². The average molecular weight is 387 g/mol. The molecule has 0 aromatic heterocycles. The molecule has 0 radical (unpaired) electrons. The maximum Gasteiger partial charge on any atom is 0.313 e. The highest BCUT2D eigenvalue weighted by atomic mass is 32.2. The Hall–Kier alpha value is -0.170. The highest BCUT2D eigenvalue weighted by Crippen LogP contribution is 2.08. The van der Waals surface area contributed by atoms with Gasteiger partial charge in [0, 0.05) is 31.0 Å². The fourth-order valence-corrected chi connectivity index (χ4v) is 3.23. The number of nitrogens with one attached hydrogen (secondary N) is 3. The molecule has 0 unspecified atom stereocenters. The van der Waals surface area contributed by atoms with Crippen LogP contribution >= 0.6 is 35.3 Å². The van der Waals surface area contributed by atoms with E-state index in [9.17, 15) is 9.59 Å². The van der Waals surface area contributed by atoms with Crippen molar-refractivity contribution in [1.29, 1.82) is 0 Å². The number of thioether (sulfide) groups is 3. The van der Waals surface area contributed by atoms with E-state index in [0.29, 0.717) is 44.2 Å². The van der Waals surface area contributed by atoms with E-state index in [1.807, 2.05) is 11.8 Å². The molecule has 0 amide bonds. The molecule has 0 rings (SSSR count). The first-order chi connectivity index (χ1) is 11.2. The molecule has 0 bridgehead atoms. The van der Waals surface area contributed by atoms with Crippen molar-refractivity contribution in [3.05, 3.63) is 0 Å². The predicted octanol–water partition coefficient (Wildman–Crippen LogP) is 0.237. The first kappa shape index (κ1) is 22.8. The van der Waals surface area contributed by atoms with Gasteiger partial charge in [0.25, 0.3) is 6.47 Å². The quantitative estimate of drug-likeness (QED) is 0.148. The maximum atomic E-state index is 10.5. The average Bonchev–Trinajstić information content (AvgIpc) is 2.53. The smallest absolute Gasteiger partial charge is 0.313 e. The summed E-state index contributed by atoms with van der Waals surface area (Å²) in [6.45, 7) is 4.55. The van der Waals surface area contributed by atoms with Crippen LogP contribution in [0.1, 0.15) is 6.92 Å². The van der Waals surface area contributed by atoms with E-state index in [1.165, 1.54) is 23.5 Å². The third-order valence-electron chi connectivity index (χ3n) is 2.24. The van der Waals surface area contributed by atoms with Gasteiger partial charge >= 0.3 is 5.97 Å². The fraction of sp³-hybridized carbons (Fsp3) is 0.833. The molecule has 23 heavy (non-hydrogen) atoms. The van der Waals surface area contributed by atoms with Crippen LogP contribution in [0.3, 0.4) is 0 Å². The molecule has 0 spiro atoms. The lowest BCUT2D eigenvalue weighted by molar-refractivity contribution is -0.134. The summed E-state index contributed by atoms with van der Waals surface area (Å²) in [5, 5.41) is 18.3. The van der Waals surface area contributed by atoms with Crippen LogP contribution in [-0.2, 0) is 14.3 Å². The largest absolute Gasteiger partial charge is 0.481 e. The van der Waals surface area contributed by atoms with Crippen molar-refractivity contribution in [2.45, 2.75) is 6.92 Å². The number of carboxylic acids is 1. The monoisotopic (exact) mass is 386 g/mol. The molecule has 136 valence electrons. The number of hydrogen-bond acceptors (Lipinski definition) is 10. The molecule has 0 heterocycles. The number of hydrogen-bond donors (Lipinski definition) is 4. The molecule has 0 aliphatic heterocycles. The van der Waals surface area contributed by atoms with Crippen molar-refractivity contribution >= 4 is 47.7 Å². The summed E-state index contributed by atoms with van der Waals surface area (Å²) in [4.78, 5) is 22.6. The van der Waals surface area contributed by atoms with Crippen LogP contribution in [0.4, 0.5) is 0 Å². The Morgan fingerprint density at radius 3 is 2.61 bits per heavy atom. The van der Waals surface area contributed by atoms with Gasteiger partial charge in [-0.15, -0.1) is 35.3 Å². The molecule has 11 heteroatoms. The number of nitrogens with zero attached hydrogens (tertiary/aromatic N) is 1. The molecule has 0 aliphatic rings. The third-order valence-corrected chi connectivity index (χ3v) is 4.90. The predicted molar refractivity (Wildman–Crippen MR) is 98.3 cm³/mol. The summed E-state index contributed by atoms with van der Waals surface area (Å²) in [5.41, 5.74) is 0. The molecular formula is C12H26N4O4S3. The summed E-state index contributed by atoms with van der Waals surface area (Å²) in [5.74, 6) is 3.00. The normalized spacial score (nSPS) is 10.9. The van der Waals surface area contributed by atoms with Crippen LogP contribution in [0.2, 0.25) is 0 Å². The molecular weight excluding hydrogens is 360 g/mol. The topological polar surface area (TPSA) is 103 Å². The summed E-state index contributed by atoms with van der Waals surface area (Å²) < 4.78 is 4.55. The minimum Gasteiger partial charge on any atom is -0.481 e. The van der Waals surface area contributed by atoms with E-state index >= 15 is 0 Å². The van der Waals surface area contributed by atoms with Crippen LogP contribution in [0.15, 0.2) is 0 Å². The van der Waals surface area contributed by atoms with Gasteiger partial charge in [0.15, 0.2) is 0 Å². The maximum absolute atomic E-state index is 10.5. The summed E-state index contributed by atoms with van der Waals surface area (Å²) in [6, 6.07) is 0. The van der Waals surface area contributed by atoms with Gasteiger partial charge in [-0.1, -0.05) is 6.92 Å². The Morgan fingerprint density at radius 1 is 1.17 bits per heavy atom. The number of carbonyl (C=O) groups is 2. The molecule has 8 nitrogen and oxygen atoms in total. The molecule has 0 atom stereocenters. The number of carboxylic acid groups (broad SMARTS) is 1. The molecule has 0 fully saturated rings. The first-order valence-electron chi connectivity index (χ1n) is 7.05. The van der Waals surface area contributed by atoms with Gasteiger partial charge in [-0.05, 0) is 5.75 Å². The SMILES string of the molecule is CCSCN(CNCNCNCSCOC=O)CSCC(=O)O. The van der Waals surface area contributed by atoms with Crippen LogP contribution in [0.5, 0.6) is 0 Å². The van der Waals surface area contributed by atoms with Crippen LogP contribution in [-0.4, -0.2) is 77.5 Å². The Balaban J connectivity index is 3.53. The van der Waals surface area contributed by atoms with Crippen LogP contribution in [0.25, 0.3) is 0 Å². The summed E-state index contributed by atoms with van der Waals surface area (Å²) in [7, 11) is 0. The second kappa shape index (κ2) is 18.2. The van der Waals surface area contributed by atoms with Gasteiger partial charge in [-0.2, -0.15) is 0 Å². The Bertz CT molecular complexity index is 303. The van der Waals surface area contributed by atoms with Gasteiger partial charge in [0.1, 0.15) is 5.94 Å². The Kier molecular flexibility index (Phi) is 18.0. The van der Waals surface area contributed by atoms with Gasteiger partial charge in [-0.25, -0.2) is 0 Å². The van der Waals surface area contributed by atoms with E-state index in [1.54, 1.807) is 0 Å². The van der Waals surface area contributed by atoms with Gasteiger partial charge in [0.05, 0.1) is 12.4 Å². The van der Waals surface area contributed by atoms with Gasteiger partial charge in [0.2, 0.25) is 0 Å². The molecule has 0 aromatic rings. The number of rotatable bonds is 18. The molecule has 0 saturated heterocycles. The number of aliphatic carboxylic acids is 1. The Labute approximate surface area is 150 Å². The van der Waals surface area contributed by atoms with Crippen molar-refractivity contribution in [3.8, 4) is 0 Å². The summed E-state index contributed by atoms with van der Waals surface area (Å²) >= 11 is 4.69. The fourth-order valence-electron chi connectivity index (χ4n) is 1.31. The standard InChI is InChI=1S/C12H26N4O4S3/c1-2-21-8-16(9-22-3-12(18)19)6-14-4-13-5-15-7-23-11-20-10-17/h10,13-15H,2-9,11H2,1H3,(H,18,19).